The molecule has 1 aromatic heterocycles. The average Bonchev–Trinajstić information content (AvgIpc) is 3.23. The number of hydrogen-bond acceptors (Lipinski definition) is 6. The number of nitrogens with one attached hydrogen (secondary N) is 1. The molecule has 0 bridgehead atoms. The van der Waals surface area contributed by atoms with Crippen LogP contribution in [0, 0.1) is 10.1 Å². The van der Waals surface area contributed by atoms with Crippen LogP contribution < -0.4 is 5.32 Å². The van der Waals surface area contributed by atoms with Gasteiger partial charge in [-0.05, 0) is 18.2 Å². The minimum absolute atomic E-state index is 0.113. The van der Waals surface area contributed by atoms with Crippen LogP contribution in [0.5, 0.6) is 0 Å². The third kappa shape index (κ3) is 4.50. The first-order valence-electron chi connectivity index (χ1n) is 8.63. The second-order valence-corrected chi connectivity index (χ2v) is 6.14. The Kier molecular flexibility index (Phi) is 5.82. The van der Waals surface area contributed by atoms with E-state index in [1.54, 1.807) is 29.2 Å². The molecule has 2 heterocycles. The number of piperazine rings is 1. The highest BCUT2D eigenvalue weighted by Crippen LogP contribution is 2.20. The number of para-hydroxylation sites is 1. The molecule has 9 nitrogen and oxygen atoms in total. The summed E-state index contributed by atoms with van der Waals surface area (Å²) in [6, 6.07) is 9.24. The molecule has 1 aromatic carbocycles. The van der Waals surface area contributed by atoms with Gasteiger partial charge in [0, 0.05) is 45.3 Å². The maximum atomic E-state index is 12.6. The number of benzene rings is 1. The van der Waals surface area contributed by atoms with Crippen molar-refractivity contribution in [2.75, 3.05) is 39.3 Å². The largest absolute Gasteiger partial charge is 0.459 e. The Morgan fingerprint density at radius 3 is 2.52 bits per heavy atom. The monoisotopic (exact) mass is 372 g/mol. The molecule has 0 saturated carbocycles. The summed E-state index contributed by atoms with van der Waals surface area (Å²) in [5, 5.41) is 13.9. The van der Waals surface area contributed by atoms with Crippen LogP contribution in [0.2, 0.25) is 0 Å². The highest BCUT2D eigenvalue weighted by Gasteiger charge is 2.27. The van der Waals surface area contributed by atoms with Crippen molar-refractivity contribution in [1.29, 1.82) is 0 Å². The molecule has 2 aromatic rings. The number of nitro groups is 1. The molecular weight excluding hydrogens is 352 g/mol. The molecule has 9 heteroatoms. The van der Waals surface area contributed by atoms with Gasteiger partial charge in [0.1, 0.15) is 5.56 Å². The van der Waals surface area contributed by atoms with Crippen LogP contribution in [-0.4, -0.2) is 65.8 Å². The summed E-state index contributed by atoms with van der Waals surface area (Å²) in [6.07, 6.45) is 1.45. The molecule has 0 atom stereocenters. The number of amides is 2. The number of carbonyl (C=O) groups excluding carboxylic acids is 2. The van der Waals surface area contributed by atoms with Crippen molar-refractivity contribution in [3.8, 4) is 0 Å². The molecule has 0 radical (unpaired) electrons. The van der Waals surface area contributed by atoms with E-state index in [1.807, 2.05) is 0 Å². The van der Waals surface area contributed by atoms with E-state index in [0.29, 0.717) is 39.3 Å². The first kappa shape index (κ1) is 18.6. The van der Waals surface area contributed by atoms with E-state index in [0.717, 1.165) is 0 Å². The number of carbonyl (C=O) groups is 2. The van der Waals surface area contributed by atoms with Gasteiger partial charge in [0.05, 0.1) is 11.2 Å². The second-order valence-electron chi connectivity index (χ2n) is 6.14. The van der Waals surface area contributed by atoms with Crippen molar-refractivity contribution < 1.29 is 18.9 Å². The standard InChI is InChI=1S/C18H20N4O5/c23-17(16-6-3-13-27-16)19-7-8-20-9-11-21(12-10-20)18(24)14-4-1-2-5-15(14)22(25)26/h1-6,13H,7-12H2,(H,19,23). The Labute approximate surface area is 155 Å². The molecule has 0 spiro atoms. The summed E-state index contributed by atoms with van der Waals surface area (Å²) in [7, 11) is 0. The lowest BCUT2D eigenvalue weighted by Crippen LogP contribution is -2.50. The first-order chi connectivity index (χ1) is 13.1. The summed E-state index contributed by atoms with van der Waals surface area (Å²) >= 11 is 0. The van der Waals surface area contributed by atoms with Crippen LogP contribution in [0.15, 0.2) is 47.1 Å². The Hall–Kier alpha value is -3.20. The zero-order valence-corrected chi connectivity index (χ0v) is 14.7. The molecule has 1 saturated heterocycles. The Balaban J connectivity index is 1.47. The highest BCUT2D eigenvalue weighted by atomic mass is 16.6. The first-order valence-corrected chi connectivity index (χ1v) is 8.63. The van der Waals surface area contributed by atoms with Crippen LogP contribution >= 0.6 is 0 Å². The van der Waals surface area contributed by atoms with E-state index < -0.39 is 4.92 Å². The van der Waals surface area contributed by atoms with Gasteiger partial charge in [-0.1, -0.05) is 12.1 Å². The maximum absolute atomic E-state index is 12.6. The molecule has 1 aliphatic heterocycles. The van der Waals surface area contributed by atoms with Crippen molar-refractivity contribution in [2.45, 2.75) is 0 Å². The molecule has 1 aliphatic rings. The van der Waals surface area contributed by atoms with Crippen LogP contribution in [0.1, 0.15) is 20.9 Å². The van der Waals surface area contributed by atoms with E-state index in [-0.39, 0.29) is 28.8 Å². The SMILES string of the molecule is O=C(NCCN1CCN(C(=O)c2ccccc2[N+](=O)[O-])CC1)c1ccco1. The quantitative estimate of drug-likeness (QED) is 0.606. The van der Waals surface area contributed by atoms with Gasteiger partial charge in [-0.3, -0.25) is 24.6 Å². The Morgan fingerprint density at radius 2 is 1.85 bits per heavy atom. The van der Waals surface area contributed by atoms with Gasteiger partial charge >= 0.3 is 0 Å². The van der Waals surface area contributed by atoms with Gasteiger partial charge in [0.2, 0.25) is 0 Å². The molecule has 2 amide bonds. The van der Waals surface area contributed by atoms with Crippen molar-refractivity contribution in [3.05, 3.63) is 64.1 Å². The number of hydrogen-bond donors (Lipinski definition) is 1. The van der Waals surface area contributed by atoms with Gasteiger partial charge in [-0.15, -0.1) is 0 Å². The van der Waals surface area contributed by atoms with Crippen LogP contribution in [0.4, 0.5) is 5.69 Å². The number of nitro benzene ring substituents is 1. The molecular formula is C18H20N4O5. The topological polar surface area (TPSA) is 109 Å². The van der Waals surface area contributed by atoms with Gasteiger partial charge in [-0.25, -0.2) is 0 Å². The van der Waals surface area contributed by atoms with Crippen LogP contribution in [0.25, 0.3) is 0 Å². The molecule has 1 fully saturated rings. The molecule has 27 heavy (non-hydrogen) atoms. The minimum Gasteiger partial charge on any atom is -0.459 e. The van der Waals surface area contributed by atoms with E-state index in [4.69, 9.17) is 4.42 Å². The van der Waals surface area contributed by atoms with Gasteiger partial charge in [0.25, 0.3) is 17.5 Å². The van der Waals surface area contributed by atoms with Crippen LogP contribution in [0.3, 0.4) is 0 Å². The lowest BCUT2D eigenvalue weighted by molar-refractivity contribution is -0.385. The fourth-order valence-electron chi connectivity index (χ4n) is 2.98. The van der Waals surface area contributed by atoms with Gasteiger partial charge in [0.15, 0.2) is 5.76 Å². The summed E-state index contributed by atoms with van der Waals surface area (Å²) in [6.45, 7) is 3.37. The van der Waals surface area contributed by atoms with E-state index in [1.165, 1.54) is 18.4 Å². The Bertz CT molecular complexity index is 813. The third-order valence-corrected chi connectivity index (χ3v) is 4.45. The average molecular weight is 372 g/mol. The van der Waals surface area contributed by atoms with Crippen molar-refractivity contribution in [1.82, 2.24) is 15.1 Å². The summed E-state index contributed by atoms with van der Waals surface area (Å²) < 4.78 is 5.03. The normalized spacial score (nSPS) is 14.7. The van der Waals surface area contributed by atoms with E-state index in [9.17, 15) is 19.7 Å². The molecule has 0 unspecified atom stereocenters. The minimum atomic E-state index is -0.537. The maximum Gasteiger partial charge on any atom is 0.287 e. The molecule has 3 rings (SSSR count). The third-order valence-electron chi connectivity index (χ3n) is 4.45. The Morgan fingerprint density at radius 1 is 1.11 bits per heavy atom. The van der Waals surface area contributed by atoms with Crippen molar-refractivity contribution in [3.63, 3.8) is 0 Å². The smallest absolute Gasteiger partial charge is 0.287 e. The molecule has 142 valence electrons. The highest BCUT2D eigenvalue weighted by molar-refractivity contribution is 5.98. The lowest BCUT2D eigenvalue weighted by atomic mass is 10.1. The molecule has 0 aliphatic carbocycles. The number of nitrogens with zero attached hydrogens (tertiary/aromatic N) is 3. The second kappa shape index (κ2) is 8.45. The number of rotatable bonds is 6. The summed E-state index contributed by atoms with van der Waals surface area (Å²) in [5.74, 6) is -0.312. The van der Waals surface area contributed by atoms with Crippen LogP contribution in [-0.2, 0) is 0 Å². The van der Waals surface area contributed by atoms with Crippen molar-refractivity contribution in [2.24, 2.45) is 0 Å². The lowest BCUT2D eigenvalue weighted by Gasteiger charge is -2.34. The van der Waals surface area contributed by atoms with Gasteiger partial charge in [-0.2, -0.15) is 0 Å². The van der Waals surface area contributed by atoms with E-state index in [2.05, 4.69) is 10.2 Å². The summed E-state index contributed by atoms with van der Waals surface area (Å²) in [5.41, 5.74) is -0.0628. The van der Waals surface area contributed by atoms with E-state index >= 15 is 0 Å². The molecule has 1 N–H and O–H groups in total. The zero-order chi connectivity index (χ0) is 19.2. The predicted octanol–water partition coefficient (Wildman–Crippen LogP) is 1.38. The zero-order valence-electron chi connectivity index (χ0n) is 14.7. The summed E-state index contributed by atoms with van der Waals surface area (Å²) in [4.78, 5) is 38.7. The fraction of sp³-hybridized carbons (Fsp3) is 0.333. The number of furan rings is 1. The van der Waals surface area contributed by atoms with Gasteiger partial charge < -0.3 is 14.6 Å². The predicted molar refractivity (Wildman–Crippen MR) is 96.5 cm³/mol. The fourth-order valence-corrected chi connectivity index (χ4v) is 2.98. The van der Waals surface area contributed by atoms with Crippen molar-refractivity contribution >= 4 is 17.5 Å².